The number of amides is 1. The van der Waals surface area contributed by atoms with Crippen LogP contribution in [0.2, 0.25) is 0 Å². The molecule has 0 aliphatic heterocycles. The smallest absolute Gasteiger partial charge is 0.303 e. The van der Waals surface area contributed by atoms with Gasteiger partial charge < -0.3 is 15.7 Å². The Hall–Kier alpha value is -1.10. The van der Waals surface area contributed by atoms with Crippen molar-refractivity contribution in [1.29, 1.82) is 0 Å². The lowest BCUT2D eigenvalue weighted by atomic mass is 10.1. The Morgan fingerprint density at radius 3 is 1.26 bits per heavy atom. The third-order valence-corrected chi connectivity index (χ3v) is 6.86. The van der Waals surface area contributed by atoms with E-state index in [1.54, 1.807) is 0 Å². The highest BCUT2D eigenvalue weighted by Crippen LogP contribution is 2.14. The summed E-state index contributed by atoms with van der Waals surface area (Å²) in [6.07, 6.45) is 25.7. The zero-order chi connectivity index (χ0) is 25.3. The van der Waals surface area contributed by atoms with Crippen LogP contribution in [0.15, 0.2) is 0 Å². The zero-order valence-electron chi connectivity index (χ0n) is 22.8. The van der Waals surface area contributed by atoms with E-state index in [1.807, 2.05) is 4.90 Å². The van der Waals surface area contributed by atoms with Crippen LogP contribution in [0.1, 0.15) is 155 Å². The summed E-state index contributed by atoms with van der Waals surface area (Å²) in [6, 6.07) is -0.692. The molecule has 0 radical (unpaired) electrons. The van der Waals surface area contributed by atoms with Crippen LogP contribution in [0, 0.1) is 0 Å². The van der Waals surface area contributed by atoms with Crippen LogP contribution in [-0.2, 0) is 9.59 Å². The number of nitrogens with two attached hydrogens (primary N) is 1. The Balaban J connectivity index is 4.13. The predicted octanol–water partition coefficient (Wildman–Crippen LogP) is 7.85. The molecule has 34 heavy (non-hydrogen) atoms. The number of nitrogens with zero attached hydrogens (tertiary/aromatic N) is 1. The van der Waals surface area contributed by atoms with E-state index in [9.17, 15) is 9.59 Å². The van der Waals surface area contributed by atoms with Crippen molar-refractivity contribution in [2.75, 3.05) is 13.1 Å². The second-order valence-electron chi connectivity index (χ2n) is 10.2. The largest absolute Gasteiger partial charge is 0.481 e. The first-order valence-electron chi connectivity index (χ1n) is 14.8. The summed E-state index contributed by atoms with van der Waals surface area (Å²) in [5.41, 5.74) is 6.05. The highest BCUT2D eigenvalue weighted by Gasteiger charge is 2.21. The number of hydrogen-bond acceptors (Lipinski definition) is 3. The first-order valence-corrected chi connectivity index (χ1v) is 14.8. The maximum absolute atomic E-state index is 12.8. The van der Waals surface area contributed by atoms with Crippen LogP contribution in [0.4, 0.5) is 0 Å². The van der Waals surface area contributed by atoms with E-state index >= 15 is 0 Å². The highest BCUT2D eigenvalue weighted by molar-refractivity contribution is 5.82. The van der Waals surface area contributed by atoms with Gasteiger partial charge in [0.2, 0.25) is 5.91 Å². The molecule has 5 nitrogen and oxygen atoms in total. The Morgan fingerprint density at radius 2 is 0.941 bits per heavy atom. The molecule has 0 saturated heterocycles. The number of rotatable bonds is 26. The van der Waals surface area contributed by atoms with Gasteiger partial charge in [0.15, 0.2) is 0 Å². The van der Waals surface area contributed by atoms with Crippen LogP contribution in [-0.4, -0.2) is 41.0 Å². The van der Waals surface area contributed by atoms with Crippen molar-refractivity contribution in [1.82, 2.24) is 4.90 Å². The second kappa shape index (κ2) is 25.0. The van der Waals surface area contributed by atoms with Crippen molar-refractivity contribution in [3.05, 3.63) is 0 Å². The van der Waals surface area contributed by atoms with Crippen molar-refractivity contribution in [3.63, 3.8) is 0 Å². The summed E-state index contributed by atoms with van der Waals surface area (Å²) in [5, 5.41) is 8.91. The van der Waals surface area contributed by atoms with Crippen molar-refractivity contribution < 1.29 is 14.7 Å². The molecule has 3 N–H and O–H groups in total. The summed E-state index contributed by atoms with van der Waals surface area (Å²) < 4.78 is 0. The van der Waals surface area contributed by atoms with E-state index in [2.05, 4.69) is 13.8 Å². The van der Waals surface area contributed by atoms with Gasteiger partial charge in [-0.05, 0) is 19.3 Å². The predicted molar refractivity (Wildman–Crippen MR) is 145 cm³/mol. The number of carboxylic acid groups (broad SMARTS) is 1. The van der Waals surface area contributed by atoms with Gasteiger partial charge in [-0.15, -0.1) is 0 Å². The highest BCUT2D eigenvalue weighted by atomic mass is 16.4. The maximum Gasteiger partial charge on any atom is 0.303 e. The van der Waals surface area contributed by atoms with Gasteiger partial charge in [-0.1, -0.05) is 129 Å². The lowest BCUT2D eigenvalue weighted by molar-refractivity contribution is -0.137. The van der Waals surface area contributed by atoms with Gasteiger partial charge in [0, 0.05) is 19.5 Å². The van der Waals surface area contributed by atoms with Gasteiger partial charge in [0.1, 0.15) is 0 Å². The van der Waals surface area contributed by atoms with E-state index < -0.39 is 12.0 Å². The molecule has 1 amide bonds. The average Bonchev–Trinajstić information content (AvgIpc) is 2.83. The van der Waals surface area contributed by atoms with Gasteiger partial charge in [-0.3, -0.25) is 9.59 Å². The second-order valence-corrected chi connectivity index (χ2v) is 10.2. The SMILES string of the molecule is CCCCCCCCCCCCN(CCCCCCCCCCCC)C(=O)[C@@H](N)CCC(=O)O. The molecule has 0 aromatic rings. The van der Waals surface area contributed by atoms with Gasteiger partial charge in [-0.25, -0.2) is 0 Å². The van der Waals surface area contributed by atoms with E-state index in [-0.39, 0.29) is 18.7 Å². The van der Waals surface area contributed by atoms with Crippen LogP contribution < -0.4 is 5.73 Å². The number of unbranched alkanes of at least 4 members (excludes halogenated alkanes) is 18. The molecule has 0 aliphatic carbocycles. The van der Waals surface area contributed by atoms with Crippen LogP contribution in [0.25, 0.3) is 0 Å². The minimum Gasteiger partial charge on any atom is -0.481 e. The molecular formula is C29H58N2O3. The summed E-state index contributed by atoms with van der Waals surface area (Å²) >= 11 is 0. The van der Waals surface area contributed by atoms with Gasteiger partial charge in [0.25, 0.3) is 0 Å². The number of carboxylic acids is 1. The Morgan fingerprint density at radius 1 is 0.618 bits per heavy atom. The molecule has 0 aromatic carbocycles. The molecule has 0 heterocycles. The van der Waals surface area contributed by atoms with Gasteiger partial charge in [-0.2, -0.15) is 0 Å². The first kappa shape index (κ1) is 32.9. The normalized spacial score (nSPS) is 12.1. The van der Waals surface area contributed by atoms with E-state index in [0.717, 1.165) is 38.8 Å². The minimum atomic E-state index is -0.890. The Labute approximate surface area is 211 Å². The fourth-order valence-corrected chi connectivity index (χ4v) is 4.55. The van der Waals surface area contributed by atoms with Crippen LogP contribution in [0.3, 0.4) is 0 Å². The summed E-state index contributed by atoms with van der Waals surface area (Å²) in [7, 11) is 0. The molecule has 1 atom stereocenters. The molecule has 0 rings (SSSR count). The minimum absolute atomic E-state index is 0.0444. The topological polar surface area (TPSA) is 83.6 Å². The zero-order valence-corrected chi connectivity index (χ0v) is 22.8. The Bertz CT molecular complexity index is 446. The maximum atomic E-state index is 12.8. The van der Waals surface area contributed by atoms with E-state index in [1.165, 1.54) is 103 Å². The molecule has 0 bridgehead atoms. The fourth-order valence-electron chi connectivity index (χ4n) is 4.55. The van der Waals surface area contributed by atoms with Gasteiger partial charge >= 0.3 is 5.97 Å². The van der Waals surface area contributed by atoms with Crippen molar-refractivity contribution >= 4 is 11.9 Å². The standard InChI is InChI=1S/C29H58N2O3/c1-3-5-7-9-11-13-15-17-19-21-25-31(29(34)27(30)23-24-28(32)33)26-22-20-18-16-14-12-10-8-6-4-2/h27H,3-26,30H2,1-2H3,(H,32,33)/t27-/m0/s1. The third kappa shape index (κ3) is 21.4. The van der Waals surface area contributed by atoms with E-state index in [0.29, 0.717) is 0 Å². The molecule has 0 aromatic heterocycles. The monoisotopic (exact) mass is 482 g/mol. The molecule has 0 spiro atoms. The summed E-state index contributed by atoms with van der Waals surface area (Å²) in [4.78, 5) is 25.6. The van der Waals surface area contributed by atoms with E-state index in [4.69, 9.17) is 10.8 Å². The lowest BCUT2D eigenvalue weighted by Gasteiger charge is -2.26. The molecule has 202 valence electrons. The Kier molecular flexibility index (Phi) is 24.2. The number of carbonyl (C=O) groups is 2. The van der Waals surface area contributed by atoms with Gasteiger partial charge in [0.05, 0.1) is 6.04 Å². The van der Waals surface area contributed by atoms with Crippen molar-refractivity contribution in [2.24, 2.45) is 5.73 Å². The molecule has 0 unspecified atom stereocenters. The summed E-state index contributed by atoms with van der Waals surface area (Å²) in [6.45, 7) is 6.02. The average molecular weight is 483 g/mol. The summed E-state index contributed by atoms with van der Waals surface area (Å²) in [5.74, 6) is -0.952. The molecule has 0 fully saturated rings. The number of aliphatic carboxylic acids is 1. The fraction of sp³-hybridized carbons (Fsp3) is 0.931. The van der Waals surface area contributed by atoms with Crippen molar-refractivity contribution in [2.45, 2.75) is 161 Å². The molecule has 0 aliphatic rings. The molecular weight excluding hydrogens is 424 g/mol. The van der Waals surface area contributed by atoms with Crippen LogP contribution >= 0.6 is 0 Å². The van der Waals surface area contributed by atoms with Crippen LogP contribution in [0.5, 0.6) is 0 Å². The molecule has 5 heteroatoms. The van der Waals surface area contributed by atoms with Crippen molar-refractivity contribution in [3.8, 4) is 0 Å². The lowest BCUT2D eigenvalue weighted by Crippen LogP contribution is -2.44. The third-order valence-electron chi connectivity index (χ3n) is 6.86. The first-order chi connectivity index (χ1) is 16.5. The number of carbonyl (C=O) groups excluding carboxylic acids is 1. The number of hydrogen-bond donors (Lipinski definition) is 2. The quantitative estimate of drug-likeness (QED) is 0.123. The molecule has 0 saturated carbocycles.